The molecule has 1 aromatic carbocycles. The molecule has 9 nitrogen and oxygen atoms in total. The first-order valence-corrected chi connectivity index (χ1v) is 9.03. The standard InChI is InChI=1S/C19H24N4O5/c1-12(2)10-15(19(27)28)21-16(24)11-20-18(26)14-8-9-17(25)23(22-14)13-6-4-3-5-7-13/h3-7,12,15H,8-11H2,1-2H3,(H,20,26)(H,21,24)(H,27,28)/t15-/m0/s1. The van der Waals surface area contributed by atoms with Gasteiger partial charge in [0, 0.05) is 12.8 Å². The molecule has 0 saturated carbocycles. The highest BCUT2D eigenvalue weighted by Gasteiger charge is 2.26. The Morgan fingerprint density at radius 1 is 1.18 bits per heavy atom. The van der Waals surface area contributed by atoms with Crippen LogP contribution in [0.2, 0.25) is 0 Å². The Hall–Kier alpha value is -3.23. The van der Waals surface area contributed by atoms with Gasteiger partial charge in [-0.1, -0.05) is 32.0 Å². The average molecular weight is 388 g/mol. The predicted molar refractivity (Wildman–Crippen MR) is 103 cm³/mol. The molecule has 0 saturated heterocycles. The van der Waals surface area contributed by atoms with Gasteiger partial charge >= 0.3 is 5.97 Å². The van der Waals surface area contributed by atoms with Crippen molar-refractivity contribution in [1.29, 1.82) is 0 Å². The van der Waals surface area contributed by atoms with Crippen molar-refractivity contribution in [3.05, 3.63) is 30.3 Å². The third kappa shape index (κ3) is 5.90. The van der Waals surface area contributed by atoms with Crippen LogP contribution in [0, 0.1) is 5.92 Å². The number of carbonyl (C=O) groups excluding carboxylic acids is 3. The molecule has 0 aromatic heterocycles. The Morgan fingerprint density at radius 2 is 1.86 bits per heavy atom. The van der Waals surface area contributed by atoms with Crippen LogP contribution in [-0.2, 0) is 19.2 Å². The lowest BCUT2D eigenvalue weighted by molar-refractivity contribution is -0.142. The maximum absolute atomic E-state index is 12.3. The number of amides is 3. The number of nitrogens with one attached hydrogen (secondary N) is 2. The highest BCUT2D eigenvalue weighted by molar-refractivity contribution is 6.40. The van der Waals surface area contributed by atoms with Crippen LogP contribution in [0.5, 0.6) is 0 Å². The summed E-state index contributed by atoms with van der Waals surface area (Å²) >= 11 is 0. The highest BCUT2D eigenvalue weighted by Crippen LogP contribution is 2.19. The van der Waals surface area contributed by atoms with Gasteiger partial charge in [-0.15, -0.1) is 0 Å². The minimum Gasteiger partial charge on any atom is -0.480 e. The van der Waals surface area contributed by atoms with Gasteiger partial charge in [0.2, 0.25) is 11.8 Å². The van der Waals surface area contributed by atoms with Gasteiger partial charge in [0.1, 0.15) is 11.8 Å². The second kappa shape index (κ2) is 9.63. The van der Waals surface area contributed by atoms with E-state index in [1.165, 1.54) is 5.01 Å². The summed E-state index contributed by atoms with van der Waals surface area (Å²) in [7, 11) is 0. The summed E-state index contributed by atoms with van der Waals surface area (Å²) in [6, 6.07) is 7.71. The number of aliphatic carboxylic acids is 1. The molecule has 0 fully saturated rings. The Balaban J connectivity index is 1.95. The number of carboxylic acids is 1. The number of carboxylic acid groups (broad SMARTS) is 1. The molecule has 2 rings (SSSR count). The summed E-state index contributed by atoms with van der Waals surface area (Å²) in [5.41, 5.74) is 0.682. The molecule has 0 aliphatic carbocycles. The number of carbonyl (C=O) groups is 4. The zero-order chi connectivity index (χ0) is 20.7. The Bertz CT molecular complexity index is 776. The zero-order valence-electron chi connectivity index (χ0n) is 15.8. The first-order chi connectivity index (χ1) is 13.3. The van der Waals surface area contributed by atoms with E-state index in [0.717, 1.165) is 0 Å². The predicted octanol–water partition coefficient (Wildman–Crippen LogP) is 0.901. The molecule has 0 radical (unpaired) electrons. The van der Waals surface area contributed by atoms with Crippen LogP contribution in [0.1, 0.15) is 33.1 Å². The molecule has 1 aromatic rings. The summed E-state index contributed by atoms with van der Waals surface area (Å²) in [6.45, 7) is 3.33. The fourth-order valence-corrected chi connectivity index (χ4v) is 2.69. The number of anilines is 1. The topological polar surface area (TPSA) is 128 Å². The molecule has 3 amide bonds. The van der Waals surface area contributed by atoms with Gasteiger partial charge < -0.3 is 15.7 Å². The summed E-state index contributed by atoms with van der Waals surface area (Å²) in [5, 5.41) is 19.2. The lowest BCUT2D eigenvalue weighted by Gasteiger charge is -2.23. The van der Waals surface area contributed by atoms with E-state index in [1.54, 1.807) is 30.3 Å². The van der Waals surface area contributed by atoms with Crippen LogP contribution in [-0.4, -0.2) is 47.1 Å². The largest absolute Gasteiger partial charge is 0.480 e. The monoisotopic (exact) mass is 388 g/mol. The van der Waals surface area contributed by atoms with E-state index < -0.39 is 23.8 Å². The van der Waals surface area contributed by atoms with Crippen molar-refractivity contribution in [3.8, 4) is 0 Å². The van der Waals surface area contributed by atoms with Crippen LogP contribution in [0.4, 0.5) is 5.69 Å². The van der Waals surface area contributed by atoms with Crippen molar-refractivity contribution in [1.82, 2.24) is 10.6 Å². The third-order valence-corrected chi connectivity index (χ3v) is 4.05. The van der Waals surface area contributed by atoms with Crippen molar-refractivity contribution < 1.29 is 24.3 Å². The van der Waals surface area contributed by atoms with Crippen LogP contribution in [0.3, 0.4) is 0 Å². The van der Waals surface area contributed by atoms with Crippen molar-refractivity contribution >= 4 is 35.1 Å². The first-order valence-electron chi connectivity index (χ1n) is 9.03. The SMILES string of the molecule is CC(C)C[C@H](NC(=O)CNC(=O)C1=NN(c2ccccc2)C(=O)CC1)C(=O)O. The van der Waals surface area contributed by atoms with E-state index >= 15 is 0 Å². The van der Waals surface area contributed by atoms with Crippen LogP contribution < -0.4 is 15.6 Å². The molecule has 0 unspecified atom stereocenters. The fourth-order valence-electron chi connectivity index (χ4n) is 2.69. The minimum atomic E-state index is -1.12. The molecule has 3 N–H and O–H groups in total. The van der Waals surface area contributed by atoms with E-state index in [2.05, 4.69) is 15.7 Å². The maximum atomic E-state index is 12.3. The van der Waals surface area contributed by atoms with Crippen LogP contribution in [0.15, 0.2) is 35.4 Å². The number of hydrogen-bond acceptors (Lipinski definition) is 5. The van der Waals surface area contributed by atoms with Gasteiger partial charge in [-0.05, 0) is 24.5 Å². The van der Waals surface area contributed by atoms with E-state index in [0.29, 0.717) is 5.69 Å². The smallest absolute Gasteiger partial charge is 0.326 e. The fraction of sp³-hybridized carbons (Fsp3) is 0.421. The second-order valence-electron chi connectivity index (χ2n) is 6.86. The summed E-state index contributed by atoms with van der Waals surface area (Å²) in [4.78, 5) is 47.5. The Morgan fingerprint density at radius 3 is 2.46 bits per heavy atom. The van der Waals surface area contributed by atoms with E-state index in [9.17, 15) is 19.2 Å². The van der Waals surface area contributed by atoms with Crippen molar-refractivity contribution in [2.45, 2.75) is 39.2 Å². The minimum absolute atomic E-state index is 0.0918. The third-order valence-electron chi connectivity index (χ3n) is 4.05. The number of hydrazone groups is 1. The van der Waals surface area contributed by atoms with Gasteiger partial charge in [0.15, 0.2) is 0 Å². The molecule has 1 aliphatic heterocycles. The van der Waals surface area contributed by atoms with Crippen molar-refractivity contribution in [3.63, 3.8) is 0 Å². The molecular formula is C19H24N4O5. The molecule has 9 heteroatoms. The highest BCUT2D eigenvalue weighted by atomic mass is 16.4. The lowest BCUT2D eigenvalue weighted by Crippen LogP contribution is -2.47. The Kier molecular flexibility index (Phi) is 7.25. The average Bonchev–Trinajstić information content (AvgIpc) is 2.66. The number of rotatable bonds is 8. The molecule has 0 spiro atoms. The summed E-state index contributed by atoms with van der Waals surface area (Å²) < 4.78 is 0. The lowest BCUT2D eigenvalue weighted by atomic mass is 10.0. The number of benzene rings is 1. The van der Waals surface area contributed by atoms with Crippen molar-refractivity contribution in [2.24, 2.45) is 11.0 Å². The van der Waals surface area contributed by atoms with Gasteiger partial charge in [0.25, 0.3) is 5.91 Å². The molecule has 1 aliphatic rings. The summed E-state index contributed by atoms with van der Waals surface area (Å²) in [6.07, 6.45) is 0.583. The zero-order valence-corrected chi connectivity index (χ0v) is 15.8. The summed E-state index contributed by atoms with van der Waals surface area (Å²) in [5.74, 6) is -2.43. The molecular weight excluding hydrogens is 364 g/mol. The van der Waals surface area contributed by atoms with E-state index in [1.807, 2.05) is 13.8 Å². The van der Waals surface area contributed by atoms with Crippen LogP contribution in [0.25, 0.3) is 0 Å². The molecule has 1 atom stereocenters. The molecule has 28 heavy (non-hydrogen) atoms. The second-order valence-corrected chi connectivity index (χ2v) is 6.86. The van der Waals surface area contributed by atoms with Gasteiger partial charge in [-0.2, -0.15) is 5.10 Å². The van der Waals surface area contributed by atoms with E-state index in [-0.39, 0.29) is 43.3 Å². The molecule has 1 heterocycles. The molecule has 150 valence electrons. The molecule has 0 bridgehead atoms. The van der Waals surface area contributed by atoms with Crippen LogP contribution >= 0.6 is 0 Å². The number of nitrogens with zero attached hydrogens (tertiary/aromatic N) is 2. The van der Waals surface area contributed by atoms with Crippen molar-refractivity contribution in [2.75, 3.05) is 11.6 Å². The van der Waals surface area contributed by atoms with Gasteiger partial charge in [0.05, 0.1) is 12.2 Å². The number of para-hydroxylation sites is 1. The maximum Gasteiger partial charge on any atom is 0.326 e. The Labute approximate surface area is 162 Å². The van der Waals surface area contributed by atoms with E-state index in [4.69, 9.17) is 5.11 Å². The normalized spacial score (nSPS) is 15.0. The van der Waals surface area contributed by atoms with Gasteiger partial charge in [-0.3, -0.25) is 14.4 Å². The first kappa shape index (κ1) is 21.1. The van der Waals surface area contributed by atoms with Gasteiger partial charge in [-0.25, -0.2) is 9.80 Å². The quantitative estimate of drug-likeness (QED) is 0.610. The number of hydrogen-bond donors (Lipinski definition) is 3.